The van der Waals surface area contributed by atoms with Crippen molar-refractivity contribution in [1.29, 1.82) is 0 Å². The summed E-state index contributed by atoms with van der Waals surface area (Å²) in [5.74, 6) is 0. The lowest BCUT2D eigenvalue weighted by molar-refractivity contribution is 1.04. The molecule has 1 aliphatic heterocycles. The first kappa shape index (κ1) is 9.45. The molecule has 2 aliphatic rings. The number of fused-ring (bicyclic) bond motifs is 1. The van der Waals surface area contributed by atoms with Crippen LogP contribution in [0.4, 0.5) is 0 Å². The zero-order valence-electron chi connectivity index (χ0n) is 9.22. The van der Waals surface area contributed by atoms with Gasteiger partial charge in [0.05, 0.1) is 5.70 Å². The normalized spacial score (nSPS) is 19.5. The first-order valence-corrected chi connectivity index (χ1v) is 5.53. The highest BCUT2D eigenvalue weighted by Gasteiger charge is 2.24. The summed E-state index contributed by atoms with van der Waals surface area (Å²) in [6, 6.07) is 0. The Labute approximate surface area is 85.9 Å². The van der Waals surface area contributed by atoms with E-state index in [9.17, 15) is 0 Å². The minimum Gasteiger partial charge on any atom is -0.256 e. The van der Waals surface area contributed by atoms with Crippen LogP contribution in [0.3, 0.4) is 0 Å². The van der Waals surface area contributed by atoms with Crippen molar-refractivity contribution in [3.8, 4) is 0 Å². The summed E-state index contributed by atoms with van der Waals surface area (Å²) in [6.07, 6.45) is 7.64. The highest BCUT2D eigenvalue weighted by Crippen LogP contribution is 2.40. The van der Waals surface area contributed by atoms with Crippen molar-refractivity contribution in [1.82, 2.24) is 0 Å². The maximum atomic E-state index is 4.47. The fraction of sp³-hybridized carbons (Fsp3) is 0.462. The fourth-order valence-electron chi connectivity index (χ4n) is 2.30. The summed E-state index contributed by atoms with van der Waals surface area (Å²) >= 11 is 0. The Balaban J connectivity index is 2.49. The summed E-state index contributed by atoms with van der Waals surface area (Å²) in [6.45, 7) is 6.66. The molecule has 0 unspecified atom stereocenters. The molecule has 1 aliphatic carbocycles. The Morgan fingerprint density at radius 1 is 1.00 bits per heavy atom. The van der Waals surface area contributed by atoms with Gasteiger partial charge in [0.15, 0.2) is 0 Å². The third-order valence-corrected chi connectivity index (χ3v) is 3.05. The molecule has 1 heterocycles. The highest BCUT2D eigenvalue weighted by molar-refractivity contribution is 5.90. The molecule has 14 heavy (non-hydrogen) atoms. The van der Waals surface area contributed by atoms with E-state index in [0.29, 0.717) is 0 Å². The van der Waals surface area contributed by atoms with Crippen LogP contribution < -0.4 is 0 Å². The molecule has 0 saturated carbocycles. The molecule has 0 spiro atoms. The van der Waals surface area contributed by atoms with Gasteiger partial charge in [0.1, 0.15) is 0 Å². The molecular formula is C13H17N. The van der Waals surface area contributed by atoms with Gasteiger partial charge in [-0.25, -0.2) is 0 Å². The minimum atomic E-state index is 1.09. The van der Waals surface area contributed by atoms with Crippen molar-refractivity contribution in [2.24, 2.45) is 4.99 Å². The summed E-state index contributed by atoms with van der Waals surface area (Å²) in [7, 11) is 0. The molecule has 2 rings (SSSR count). The van der Waals surface area contributed by atoms with E-state index >= 15 is 0 Å². The summed E-state index contributed by atoms with van der Waals surface area (Å²) in [4.78, 5) is 4.47. The second kappa shape index (κ2) is 3.56. The van der Waals surface area contributed by atoms with Gasteiger partial charge in [-0.15, -0.1) is 0 Å². The molecule has 0 fully saturated rings. The summed E-state index contributed by atoms with van der Waals surface area (Å²) in [5, 5.41) is 0. The molecule has 0 aromatic carbocycles. The minimum absolute atomic E-state index is 1.09. The topological polar surface area (TPSA) is 12.4 Å². The smallest absolute Gasteiger partial charge is 0.0711 e. The number of aliphatic imine (C=N–C) groups is 1. The maximum Gasteiger partial charge on any atom is 0.0711 e. The van der Waals surface area contributed by atoms with Gasteiger partial charge in [-0.3, -0.25) is 4.99 Å². The fourth-order valence-corrected chi connectivity index (χ4v) is 2.30. The molecule has 1 nitrogen and oxygen atoms in total. The van der Waals surface area contributed by atoms with E-state index in [1.807, 2.05) is 6.21 Å². The maximum absolute atomic E-state index is 4.47. The van der Waals surface area contributed by atoms with Crippen LogP contribution in [0, 0.1) is 0 Å². The van der Waals surface area contributed by atoms with E-state index in [1.165, 1.54) is 28.0 Å². The Morgan fingerprint density at radius 2 is 1.71 bits per heavy atom. The lowest BCUT2D eigenvalue weighted by Crippen LogP contribution is -1.90. The molecule has 0 saturated heterocycles. The summed E-state index contributed by atoms with van der Waals surface area (Å²) in [5.41, 5.74) is 7.07. The van der Waals surface area contributed by atoms with Crippen molar-refractivity contribution < 1.29 is 0 Å². The molecule has 0 N–H and O–H groups in total. The van der Waals surface area contributed by atoms with Crippen LogP contribution in [0.15, 0.2) is 39.1 Å². The van der Waals surface area contributed by atoms with Gasteiger partial charge < -0.3 is 0 Å². The molecule has 0 radical (unpaired) electrons. The zero-order valence-corrected chi connectivity index (χ0v) is 9.22. The van der Waals surface area contributed by atoms with Crippen molar-refractivity contribution in [3.05, 3.63) is 34.1 Å². The average Bonchev–Trinajstić information content (AvgIpc) is 2.74. The molecule has 0 amide bonds. The van der Waals surface area contributed by atoms with Crippen LogP contribution in [0.5, 0.6) is 0 Å². The second-order valence-electron chi connectivity index (χ2n) is 3.75. The Morgan fingerprint density at radius 3 is 2.29 bits per heavy atom. The zero-order chi connectivity index (χ0) is 10.1. The van der Waals surface area contributed by atoms with Crippen LogP contribution in [0.1, 0.15) is 40.0 Å². The third-order valence-electron chi connectivity index (χ3n) is 3.05. The largest absolute Gasteiger partial charge is 0.256 e. The van der Waals surface area contributed by atoms with Crippen molar-refractivity contribution >= 4 is 6.21 Å². The van der Waals surface area contributed by atoms with Gasteiger partial charge in [-0.05, 0) is 42.1 Å². The first-order valence-electron chi connectivity index (χ1n) is 5.53. The number of hydrogen-bond donors (Lipinski definition) is 0. The predicted octanol–water partition coefficient (Wildman–Crippen LogP) is 3.79. The van der Waals surface area contributed by atoms with Crippen LogP contribution >= 0.6 is 0 Å². The molecular weight excluding hydrogens is 170 g/mol. The SMILES string of the molecule is CCC1=C(CC)C2=C(CC)C=NC2=C1. The molecule has 0 aromatic rings. The monoisotopic (exact) mass is 187 g/mol. The van der Waals surface area contributed by atoms with Gasteiger partial charge in [0.25, 0.3) is 0 Å². The predicted molar refractivity (Wildman–Crippen MR) is 61.5 cm³/mol. The van der Waals surface area contributed by atoms with E-state index in [2.05, 4.69) is 31.8 Å². The number of hydrogen-bond acceptors (Lipinski definition) is 1. The van der Waals surface area contributed by atoms with Crippen molar-refractivity contribution in [2.45, 2.75) is 40.0 Å². The standard InChI is InChI=1S/C13H17N/c1-4-9-7-12-13(11(9)6-3)10(5-2)8-14-12/h7-8H,4-6H2,1-3H3. The van der Waals surface area contributed by atoms with Crippen LogP contribution in [-0.2, 0) is 0 Å². The number of allylic oxidation sites excluding steroid dienone is 4. The van der Waals surface area contributed by atoms with E-state index < -0.39 is 0 Å². The lowest BCUT2D eigenvalue weighted by atomic mass is 9.97. The van der Waals surface area contributed by atoms with Gasteiger partial charge in [0, 0.05) is 11.8 Å². The Kier molecular flexibility index (Phi) is 2.40. The van der Waals surface area contributed by atoms with E-state index in [-0.39, 0.29) is 0 Å². The van der Waals surface area contributed by atoms with Crippen molar-refractivity contribution in [2.75, 3.05) is 0 Å². The van der Waals surface area contributed by atoms with Gasteiger partial charge in [-0.2, -0.15) is 0 Å². The highest BCUT2D eigenvalue weighted by atomic mass is 14.8. The summed E-state index contributed by atoms with van der Waals surface area (Å²) < 4.78 is 0. The lowest BCUT2D eigenvalue weighted by Gasteiger charge is -2.06. The van der Waals surface area contributed by atoms with E-state index in [4.69, 9.17) is 0 Å². The Bertz CT molecular complexity index is 378. The van der Waals surface area contributed by atoms with E-state index in [0.717, 1.165) is 19.3 Å². The van der Waals surface area contributed by atoms with Gasteiger partial charge in [-0.1, -0.05) is 20.8 Å². The second-order valence-corrected chi connectivity index (χ2v) is 3.75. The van der Waals surface area contributed by atoms with Crippen LogP contribution in [0.25, 0.3) is 0 Å². The molecule has 1 heteroatoms. The van der Waals surface area contributed by atoms with Crippen LogP contribution in [-0.4, -0.2) is 6.21 Å². The molecule has 0 aromatic heterocycles. The molecule has 74 valence electrons. The quantitative estimate of drug-likeness (QED) is 0.637. The van der Waals surface area contributed by atoms with Gasteiger partial charge in [0.2, 0.25) is 0 Å². The molecule has 0 atom stereocenters. The van der Waals surface area contributed by atoms with E-state index in [1.54, 1.807) is 0 Å². The van der Waals surface area contributed by atoms with Crippen molar-refractivity contribution in [3.63, 3.8) is 0 Å². The third kappa shape index (κ3) is 1.19. The molecule has 0 bridgehead atoms. The average molecular weight is 187 g/mol. The Hall–Kier alpha value is -1.11. The number of rotatable bonds is 3. The van der Waals surface area contributed by atoms with Crippen LogP contribution in [0.2, 0.25) is 0 Å². The number of nitrogens with zero attached hydrogens (tertiary/aromatic N) is 1. The first-order chi connectivity index (χ1) is 6.81. The van der Waals surface area contributed by atoms with Gasteiger partial charge >= 0.3 is 0 Å².